The van der Waals surface area contributed by atoms with Crippen molar-refractivity contribution in [1.82, 2.24) is 10.2 Å². The maximum Gasteiger partial charge on any atom is 0.321 e. The highest BCUT2D eigenvalue weighted by Crippen LogP contribution is 2.18. The van der Waals surface area contributed by atoms with E-state index in [2.05, 4.69) is 12.2 Å². The number of aliphatic hydroxyl groups is 1. The summed E-state index contributed by atoms with van der Waals surface area (Å²) in [4.78, 5) is 27.4. The van der Waals surface area contributed by atoms with Crippen molar-refractivity contribution in [3.05, 3.63) is 29.8 Å². The number of hydrogen-bond acceptors (Lipinski definition) is 3. The van der Waals surface area contributed by atoms with Crippen LogP contribution in [0.3, 0.4) is 0 Å². The number of nitrogens with zero attached hydrogens (tertiary/aromatic N) is 2. The lowest BCUT2D eigenvalue weighted by Gasteiger charge is -2.22. The third kappa shape index (κ3) is 3.76. The molecular formula is C16H23N3O3. The van der Waals surface area contributed by atoms with Crippen LogP contribution < -0.4 is 10.2 Å². The number of carbonyl (C=O) groups is 2. The molecule has 0 aliphatic carbocycles. The molecule has 0 radical (unpaired) electrons. The van der Waals surface area contributed by atoms with Crippen molar-refractivity contribution in [3.8, 4) is 0 Å². The van der Waals surface area contributed by atoms with Gasteiger partial charge in [-0.1, -0.05) is 13.3 Å². The van der Waals surface area contributed by atoms with E-state index < -0.39 is 0 Å². The Morgan fingerprint density at radius 1 is 1.32 bits per heavy atom. The van der Waals surface area contributed by atoms with Crippen molar-refractivity contribution in [3.63, 3.8) is 0 Å². The molecule has 1 heterocycles. The van der Waals surface area contributed by atoms with Crippen LogP contribution in [0.4, 0.5) is 10.5 Å². The lowest BCUT2D eigenvalue weighted by molar-refractivity contribution is 0.0719. The van der Waals surface area contributed by atoms with Gasteiger partial charge in [-0.2, -0.15) is 0 Å². The zero-order valence-electron chi connectivity index (χ0n) is 12.9. The third-order valence-corrected chi connectivity index (χ3v) is 3.72. The number of hydrogen-bond donors (Lipinski definition) is 2. The smallest absolute Gasteiger partial charge is 0.321 e. The molecule has 0 aromatic heterocycles. The molecule has 3 amide bonds. The van der Waals surface area contributed by atoms with Crippen molar-refractivity contribution in [2.75, 3.05) is 37.7 Å². The number of urea groups is 1. The molecule has 0 saturated carbocycles. The predicted octanol–water partition coefficient (Wildman–Crippen LogP) is 1.45. The summed E-state index contributed by atoms with van der Waals surface area (Å²) in [5.74, 6) is -0.0834. The first-order valence-corrected chi connectivity index (χ1v) is 7.73. The molecule has 1 aromatic carbocycles. The molecule has 1 aliphatic rings. The number of aliphatic hydroxyl groups excluding tert-OH is 1. The van der Waals surface area contributed by atoms with Crippen molar-refractivity contribution in [2.45, 2.75) is 19.8 Å². The van der Waals surface area contributed by atoms with E-state index in [4.69, 9.17) is 5.11 Å². The summed E-state index contributed by atoms with van der Waals surface area (Å²) >= 11 is 0. The van der Waals surface area contributed by atoms with Crippen molar-refractivity contribution in [1.29, 1.82) is 0 Å². The molecule has 22 heavy (non-hydrogen) atoms. The number of amides is 3. The molecular weight excluding hydrogens is 282 g/mol. The Kier molecular flexibility index (Phi) is 5.77. The van der Waals surface area contributed by atoms with Gasteiger partial charge >= 0.3 is 6.03 Å². The zero-order chi connectivity index (χ0) is 15.9. The van der Waals surface area contributed by atoms with E-state index in [0.717, 1.165) is 18.5 Å². The molecule has 1 fully saturated rings. The van der Waals surface area contributed by atoms with Crippen LogP contribution in [0.15, 0.2) is 24.3 Å². The summed E-state index contributed by atoms with van der Waals surface area (Å²) < 4.78 is 0. The minimum absolute atomic E-state index is 0.0402. The Hall–Kier alpha value is -2.08. The average Bonchev–Trinajstić information content (AvgIpc) is 2.97. The topological polar surface area (TPSA) is 72.9 Å². The first kappa shape index (κ1) is 16.3. The number of benzene rings is 1. The van der Waals surface area contributed by atoms with E-state index in [1.807, 2.05) is 0 Å². The van der Waals surface area contributed by atoms with Gasteiger partial charge in [0, 0.05) is 37.4 Å². The van der Waals surface area contributed by atoms with Gasteiger partial charge in [0.05, 0.1) is 6.61 Å². The summed E-state index contributed by atoms with van der Waals surface area (Å²) in [6.45, 7) is 4.29. The maximum atomic E-state index is 12.5. The van der Waals surface area contributed by atoms with E-state index in [0.29, 0.717) is 31.7 Å². The van der Waals surface area contributed by atoms with Gasteiger partial charge in [-0.05, 0) is 30.7 Å². The van der Waals surface area contributed by atoms with E-state index in [-0.39, 0.29) is 18.5 Å². The Morgan fingerprint density at radius 3 is 2.59 bits per heavy atom. The number of unbranched alkanes of at least 4 members (excludes halogenated alkanes) is 1. The molecule has 2 rings (SSSR count). The Morgan fingerprint density at radius 2 is 2.05 bits per heavy atom. The number of rotatable bonds is 7. The Balaban J connectivity index is 2.07. The fraction of sp³-hybridized carbons (Fsp3) is 0.500. The van der Waals surface area contributed by atoms with E-state index in [1.54, 1.807) is 34.1 Å². The maximum absolute atomic E-state index is 12.5. The highest BCUT2D eigenvalue weighted by atomic mass is 16.3. The molecule has 2 N–H and O–H groups in total. The quantitative estimate of drug-likeness (QED) is 0.801. The minimum atomic E-state index is -0.107. The number of nitrogens with one attached hydrogen (secondary N) is 1. The van der Waals surface area contributed by atoms with Crippen molar-refractivity contribution < 1.29 is 14.7 Å². The molecule has 1 aliphatic heterocycles. The van der Waals surface area contributed by atoms with Gasteiger partial charge < -0.3 is 15.3 Å². The fourth-order valence-electron chi connectivity index (χ4n) is 2.47. The summed E-state index contributed by atoms with van der Waals surface area (Å²) in [6.07, 6.45) is 1.91. The first-order valence-electron chi connectivity index (χ1n) is 7.73. The first-order chi connectivity index (χ1) is 10.7. The van der Waals surface area contributed by atoms with Gasteiger partial charge in [0.25, 0.3) is 5.91 Å². The van der Waals surface area contributed by atoms with Crippen LogP contribution >= 0.6 is 0 Å². The minimum Gasteiger partial charge on any atom is -0.395 e. The summed E-state index contributed by atoms with van der Waals surface area (Å²) in [7, 11) is 0. The average molecular weight is 305 g/mol. The zero-order valence-corrected chi connectivity index (χ0v) is 12.9. The van der Waals surface area contributed by atoms with Crippen LogP contribution in [0.1, 0.15) is 30.1 Å². The monoisotopic (exact) mass is 305 g/mol. The third-order valence-electron chi connectivity index (χ3n) is 3.72. The SMILES string of the molecule is CCCCN(CCO)C(=O)c1ccc(N2CCNC2=O)cc1. The molecule has 0 unspecified atom stereocenters. The largest absolute Gasteiger partial charge is 0.395 e. The second kappa shape index (κ2) is 7.79. The summed E-state index contributed by atoms with van der Waals surface area (Å²) in [6, 6.07) is 6.94. The lowest BCUT2D eigenvalue weighted by Crippen LogP contribution is -2.34. The standard InChI is InChI=1S/C16H23N3O3/c1-2-3-9-18(11-12-20)15(21)13-4-6-14(7-5-13)19-10-8-17-16(19)22/h4-7,20H,2-3,8-12H2,1H3,(H,17,22). The Bertz CT molecular complexity index is 516. The van der Waals surface area contributed by atoms with Crippen LogP contribution in [0.2, 0.25) is 0 Å². The van der Waals surface area contributed by atoms with Crippen LogP contribution in [0.5, 0.6) is 0 Å². The van der Waals surface area contributed by atoms with Crippen LogP contribution in [-0.4, -0.2) is 54.7 Å². The second-order valence-electron chi connectivity index (χ2n) is 5.30. The molecule has 6 heteroatoms. The Labute approximate surface area is 130 Å². The van der Waals surface area contributed by atoms with Crippen LogP contribution in [-0.2, 0) is 0 Å². The van der Waals surface area contributed by atoms with Crippen molar-refractivity contribution in [2.24, 2.45) is 0 Å². The molecule has 0 atom stereocenters. The fourth-order valence-corrected chi connectivity index (χ4v) is 2.47. The van der Waals surface area contributed by atoms with Gasteiger partial charge in [-0.25, -0.2) is 4.79 Å². The van der Waals surface area contributed by atoms with Gasteiger partial charge in [0.1, 0.15) is 0 Å². The molecule has 0 spiro atoms. The van der Waals surface area contributed by atoms with E-state index in [9.17, 15) is 9.59 Å². The van der Waals surface area contributed by atoms with Gasteiger partial charge in [-0.3, -0.25) is 9.69 Å². The van der Waals surface area contributed by atoms with Crippen LogP contribution in [0.25, 0.3) is 0 Å². The molecule has 1 aromatic rings. The highest BCUT2D eigenvalue weighted by molar-refractivity contribution is 5.97. The number of carbonyl (C=O) groups excluding carboxylic acids is 2. The molecule has 120 valence electrons. The van der Waals surface area contributed by atoms with Gasteiger partial charge in [0.15, 0.2) is 0 Å². The molecule has 1 saturated heterocycles. The van der Waals surface area contributed by atoms with Crippen LogP contribution in [0, 0.1) is 0 Å². The summed E-state index contributed by atoms with van der Waals surface area (Å²) in [5.41, 5.74) is 1.36. The van der Waals surface area contributed by atoms with Gasteiger partial charge in [-0.15, -0.1) is 0 Å². The summed E-state index contributed by atoms with van der Waals surface area (Å²) in [5, 5.41) is 11.9. The predicted molar refractivity (Wildman–Crippen MR) is 85.1 cm³/mol. The molecule has 0 bridgehead atoms. The number of anilines is 1. The van der Waals surface area contributed by atoms with Gasteiger partial charge in [0.2, 0.25) is 0 Å². The lowest BCUT2D eigenvalue weighted by atomic mass is 10.1. The highest BCUT2D eigenvalue weighted by Gasteiger charge is 2.21. The van der Waals surface area contributed by atoms with E-state index >= 15 is 0 Å². The molecule has 6 nitrogen and oxygen atoms in total. The van der Waals surface area contributed by atoms with Crippen molar-refractivity contribution >= 4 is 17.6 Å². The normalized spacial score (nSPS) is 14.1. The van der Waals surface area contributed by atoms with E-state index in [1.165, 1.54) is 0 Å². The second-order valence-corrected chi connectivity index (χ2v) is 5.30.